The Labute approximate surface area is 205 Å². The van der Waals surface area contributed by atoms with Crippen molar-refractivity contribution in [2.75, 3.05) is 33.9 Å². The number of nitrogens with zero attached hydrogens (tertiary/aromatic N) is 3. The maximum Gasteiger partial charge on any atom is 0.332 e. The number of benzene rings is 2. The Balaban J connectivity index is 1.86. The standard InChI is InChI=1S/C25H27F2N3O6/c1-15(31)28-9-8-17(13-28)30-20-6-5-18(36-14-23(26)27)11-19(20)24(32)29(25(30)33)12-16-4-7-21(34-2)22(10-16)35-3/h4-7,10-11,17,23H,8-9,12-14H2,1-3H3. The second kappa shape index (κ2) is 10.4. The van der Waals surface area contributed by atoms with Crippen LogP contribution in [0.15, 0.2) is 46.0 Å². The van der Waals surface area contributed by atoms with Crippen molar-refractivity contribution < 1.29 is 27.8 Å². The number of alkyl halides is 2. The molecule has 36 heavy (non-hydrogen) atoms. The molecule has 0 spiro atoms. The van der Waals surface area contributed by atoms with Gasteiger partial charge in [-0.2, -0.15) is 0 Å². The van der Waals surface area contributed by atoms with Crippen LogP contribution in [0.3, 0.4) is 0 Å². The van der Waals surface area contributed by atoms with E-state index in [-0.39, 0.29) is 29.6 Å². The molecule has 2 aromatic carbocycles. The van der Waals surface area contributed by atoms with Crippen molar-refractivity contribution in [1.29, 1.82) is 0 Å². The molecule has 1 unspecified atom stereocenters. The van der Waals surface area contributed by atoms with E-state index in [2.05, 4.69) is 0 Å². The summed E-state index contributed by atoms with van der Waals surface area (Å²) in [6.45, 7) is 1.40. The molecule has 3 aromatic rings. The zero-order valence-corrected chi connectivity index (χ0v) is 20.2. The Kier molecular flexibility index (Phi) is 7.27. The molecule has 1 aromatic heterocycles. The third-order valence-electron chi connectivity index (χ3n) is 6.28. The van der Waals surface area contributed by atoms with Crippen molar-refractivity contribution in [3.8, 4) is 17.2 Å². The summed E-state index contributed by atoms with van der Waals surface area (Å²) in [4.78, 5) is 40.7. The maximum atomic E-state index is 13.7. The molecule has 1 fully saturated rings. The molecule has 1 aliphatic heterocycles. The van der Waals surface area contributed by atoms with Gasteiger partial charge in [0.1, 0.15) is 12.4 Å². The lowest BCUT2D eigenvalue weighted by Gasteiger charge is -2.20. The number of ether oxygens (including phenoxy) is 3. The van der Waals surface area contributed by atoms with Gasteiger partial charge in [0.25, 0.3) is 12.0 Å². The van der Waals surface area contributed by atoms with E-state index in [0.29, 0.717) is 42.1 Å². The van der Waals surface area contributed by atoms with Crippen LogP contribution < -0.4 is 25.5 Å². The minimum Gasteiger partial charge on any atom is -0.493 e. The van der Waals surface area contributed by atoms with Gasteiger partial charge in [-0.15, -0.1) is 0 Å². The minimum atomic E-state index is -2.67. The van der Waals surface area contributed by atoms with E-state index in [1.165, 1.54) is 43.9 Å². The van der Waals surface area contributed by atoms with Crippen molar-refractivity contribution in [3.05, 3.63) is 62.8 Å². The van der Waals surface area contributed by atoms with Crippen LogP contribution in [0.1, 0.15) is 24.9 Å². The highest BCUT2D eigenvalue weighted by atomic mass is 19.3. The lowest BCUT2D eigenvalue weighted by Crippen LogP contribution is -2.42. The highest BCUT2D eigenvalue weighted by molar-refractivity contribution is 5.80. The predicted molar refractivity (Wildman–Crippen MR) is 129 cm³/mol. The lowest BCUT2D eigenvalue weighted by molar-refractivity contribution is -0.127. The number of aromatic nitrogens is 2. The minimum absolute atomic E-state index is 0.0563. The van der Waals surface area contributed by atoms with Crippen molar-refractivity contribution in [2.45, 2.75) is 32.4 Å². The van der Waals surface area contributed by atoms with E-state index < -0.39 is 24.3 Å². The maximum absolute atomic E-state index is 13.7. The van der Waals surface area contributed by atoms with Crippen LogP contribution in [0.2, 0.25) is 0 Å². The van der Waals surface area contributed by atoms with Gasteiger partial charge < -0.3 is 19.1 Å². The third kappa shape index (κ3) is 4.91. The number of hydrogen-bond donors (Lipinski definition) is 0. The number of methoxy groups -OCH3 is 2. The fourth-order valence-electron chi connectivity index (χ4n) is 4.50. The van der Waals surface area contributed by atoms with Gasteiger partial charge in [0.2, 0.25) is 5.91 Å². The molecule has 0 aliphatic carbocycles. The summed E-state index contributed by atoms with van der Waals surface area (Å²) in [6, 6.07) is 9.07. The molecular formula is C25H27F2N3O6. The van der Waals surface area contributed by atoms with Crippen molar-refractivity contribution in [2.24, 2.45) is 0 Å². The molecule has 192 valence electrons. The summed E-state index contributed by atoms with van der Waals surface area (Å²) < 4.78 is 43.7. The average Bonchev–Trinajstić information content (AvgIpc) is 3.35. The smallest absolute Gasteiger partial charge is 0.332 e. The topological polar surface area (TPSA) is 92.0 Å². The number of carbonyl (C=O) groups excluding carboxylic acids is 1. The first-order valence-corrected chi connectivity index (χ1v) is 11.4. The number of likely N-dealkylation sites (tertiary alicyclic amines) is 1. The normalized spacial score (nSPS) is 15.5. The fourth-order valence-corrected chi connectivity index (χ4v) is 4.50. The summed E-state index contributed by atoms with van der Waals surface area (Å²) in [7, 11) is 2.99. The van der Waals surface area contributed by atoms with Gasteiger partial charge in [-0.3, -0.25) is 18.7 Å². The molecule has 0 bridgehead atoms. The van der Waals surface area contributed by atoms with Gasteiger partial charge in [-0.05, 0) is 42.3 Å². The Morgan fingerprint density at radius 1 is 1.08 bits per heavy atom. The SMILES string of the molecule is COc1ccc(Cn2c(=O)c3cc(OCC(F)F)ccc3n(C3CCN(C(C)=O)C3)c2=O)cc1OC. The Morgan fingerprint density at radius 3 is 2.47 bits per heavy atom. The van der Waals surface area contributed by atoms with Gasteiger partial charge in [-0.1, -0.05) is 6.07 Å². The highest BCUT2D eigenvalue weighted by Crippen LogP contribution is 2.28. The van der Waals surface area contributed by atoms with E-state index in [9.17, 15) is 23.2 Å². The van der Waals surface area contributed by atoms with Crippen LogP contribution >= 0.6 is 0 Å². The molecule has 1 amide bonds. The van der Waals surface area contributed by atoms with E-state index in [1.807, 2.05) is 0 Å². The monoisotopic (exact) mass is 503 g/mol. The average molecular weight is 504 g/mol. The van der Waals surface area contributed by atoms with Gasteiger partial charge in [0.05, 0.1) is 37.7 Å². The van der Waals surface area contributed by atoms with E-state index in [0.717, 1.165) is 4.57 Å². The van der Waals surface area contributed by atoms with Gasteiger partial charge >= 0.3 is 5.69 Å². The predicted octanol–water partition coefficient (Wildman–Crippen LogP) is 2.67. The molecule has 1 aliphatic rings. The van der Waals surface area contributed by atoms with E-state index >= 15 is 0 Å². The summed E-state index contributed by atoms with van der Waals surface area (Å²) in [5, 5.41) is 0.156. The highest BCUT2D eigenvalue weighted by Gasteiger charge is 2.29. The number of rotatable bonds is 8. The Hall–Kier alpha value is -3.89. The first-order valence-electron chi connectivity index (χ1n) is 11.4. The van der Waals surface area contributed by atoms with E-state index in [1.54, 1.807) is 23.1 Å². The molecular weight excluding hydrogens is 476 g/mol. The van der Waals surface area contributed by atoms with Crippen LogP contribution in [0.4, 0.5) is 8.78 Å². The number of hydrogen-bond acceptors (Lipinski definition) is 6. The second-order valence-corrected chi connectivity index (χ2v) is 8.52. The molecule has 1 atom stereocenters. The lowest BCUT2D eigenvalue weighted by atomic mass is 10.1. The molecule has 4 rings (SSSR count). The Bertz CT molecular complexity index is 1400. The second-order valence-electron chi connectivity index (χ2n) is 8.52. The van der Waals surface area contributed by atoms with Gasteiger partial charge in [0.15, 0.2) is 11.5 Å². The van der Waals surface area contributed by atoms with Crippen LogP contribution in [0.25, 0.3) is 10.9 Å². The Morgan fingerprint density at radius 2 is 1.83 bits per heavy atom. The van der Waals surface area contributed by atoms with Crippen molar-refractivity contribution in [3.63, 3.8) is 0 Å². The number of amides is 1. The van der Waals surface area contributed by atoms with Crippen molar-refractivity contribution in [1.82, 2.24) is 14.0 Å². The van der Waals surface area contributed by atoms with Crippen LogP contribution in [0.5, 0.6) is 17.2 Å². The molecule has 0 saturated carbocycles. The third-order valence-corrected chi connectivity index (χ3v) is 6.28. The molecule has 0 N–H and O–H groups in total. The summed E-state index contributed by atoms with van der Waals surface area (Å²) in [5.74, 6) is 0.941. The number of carbonyl (C=O) groups is 1. The van der Waals surface area contributed by atoms with Crippen molar-refractivity contribution >= 4 is 16.8 Å². The van der Waals surface area contributed by atoms with Crippen LogP contribution in [0, 0.1) is 0 Å². The van der Waals surface area contributed by atoms with E-state index in [4.69, 9.17) is 14.2 Å². The zero-order chi connectivity index (χ0) is 26.0. The first-order chi connectivity index (χ1) is 17.2. The molecule has 9 nitrogen and oxygen atoms in total. The molecule has 2 heterocycles. The summed E-state index contributed by atoms with van der Waals surface area (Å²) in [6.07, 6.45) is -2.14. The first kappa shape index (κ1) is 25.2. The number of fused-ring (bicyclic) bond motifs is 1. The largest absolute Gasteiger partial charge is 0.493 e. The number of halogens is 2. The quantitative estimate of drug-likeness (QED) is 0.470. The molecule has 11 heteroatoms. The molecule has 0 radical (unpaired) electrons. The van der Waals surface area contributed by atoms with Gasteiger partial charge in [-0.25, -0.2) is 13.6 Å². The van der Waals surface area contributed by atoms with Crippen LogP contribution in [-0.2, 0) is 11.3 Å². The van der Waals surface area contributed by atoms with Crippen LogP contribution in [-0.4, -0.2) is 60.3 Å². The summed E-state index contributed by atoms with van der Waals surface area (Å²) in [5.41, 5.74) is -0.128. The van der Waals surface area contributed by atoms with Gasteiger partial charge in [0, 0.05) is 20.0 Å². The fraction of sp³-hybridized carbons (Fsp3) is 0.400. The zero-order valence-electron chi connectivity index (χ0n) is 20.2. The molecule has 1 saturated heterocycles. The summed E-state index contributed by atoms with van der Waals surface area (Å²) >= 11 is 0.